The summed E-state index contributed by atoms with van der Waals surface area (Å²) in [4.78, 5) is 28.6. The van der Waals surface area contributed by atoms with E-state index in [9.17, 15) is 9.59 Å². The van der Waals surface area contributed by atoms with Crippen LogP contribution in [-0.4, -0.2) is 28.1 Å². The molecular formula is C16H17Cl2N3O4. The van der Waals surface area contributed by atoms with Crippen molar-refractivity contribution in [3.63, 3.8) is 0 Å². The van der Waals surface area contributed by atoms with E-state index in [1.54, 1.807) is 13.0 Å². The van der Waals surface area contributed by atoms with Crippen LogP contribution in [0.3, 0.4) is 0 Å². The Morgan fingerprint density at radius 3 is 2.76 bits per heavy atom. The van der Waals surface area contributed by atoms with Crippen molar-refractivity contribution in [2.24, 2.45) is 0 Å². The summed E-state index contributed by atoms with van der Waals surface area (Å²) in [5.41, 5.74) is -0.138. The van der Waals surface area contributed by atoms with Crippen molar-refractivity contribution in [2.75, 3.05) is 5.32 Å². The zero-order chi connectivity index (χ0) is 18.4. The number of hydrogen-bond acceptors (Lipinski definition) is 6. The van der Waals surface area contributed by atoms with Crippen molar-refractivity contribution < 1.29 is 18.8 Å². The molecule has 0 fully saturated rings. The standard InChI is InChI=1S/C16H17Cl2N3O4/c1-3-4-5-11(15(22)20-13-8-9(2)25-21-13)24-16(23)14-10(17)6-7-12(18)19-14/h6-8,11H,3-5H2,1-2H3,(H,20,21,22). The number of amides is 1. The lowest BCUT2D eigenvalue weighted by Crippen LogP contribution is -2.33. The Kier molecular flexibility index (Phi) is 6.78. The van der Waals surface area contributed by atoms with Crippen LogP contribution in [0.25, 0.3) is 0 Å². The van der Waals surface area contributed by atoms with E-state index in [0.717, 1.165) is 6.42 Å². The number of carbonyl (C=O) groups is 2. The molecule has 2 aromatic heterocycles. The smallest absolute Gasteiger partial charge is 0.359 e. The second-order valence-corrected chi connectivity index (χ2v) is 6.11. The van der Waals surface area contributed by atoms with Crippen LogP contribution < -0.4 is 5.32 Å². The summed E-state index contributed by atoms with van der Waals surface area (Å²) in [6.45, 7) is 3.66. The maximum absolute atomic E-state index is 12.4. The van der Waals surface area contributed by atoms with Gasteiger partial charge in [-0.2, -0.15) is 0 Å². The minimum absolute atomic E-state index is 0.0937. The number of carbonyl (C=O) groups excluding carboxylic acids is 2. The maximum atomic E-state index is 12.4. The number of ether oxygens (including phenoxy) is 1. The van der Waals surface area contributed by atoms with Crippen molar-refractivity contribution >= 4 is 40.9 Å². The van der Waals surface area contributed by atoms with Gasteiger partial charge in [-0.1, -0.05) is 41.7 Å². The zero-order valence-corrected chi connectivity index (χ0v) is 15.2. The number of aromatic nitrogens is 2. The molecule has 2 aromatic rings. The van der Waals surface area contributed by atoms with E-state index >= 15 is 0 Å². The van der Waals surface area contributed by atoms with Crippen LogP contribution in [0.1, 0.15) is 42.4 Å². The fourth-order valence-electron chi connectivity index (χ4n) is 2.01. The van der Waals surface area contributed by atoms with Crippen LogP contribution in [-0.2, 0) is 9.53 Å². The first-order valence-corrected chi connectivity index (χ1v) is 8.43. The van der Waals surface area contributed by atoms with E-state index in [1.165, 1.54) is 12.1 Å². The van der Waals surface area contributed by atoms with Gasteiger partial charge in [0.25, 0.3) is 5.91 Å². The monoisotopic (exact) mass is 385 g/mol. The van der Waals surface area contributed by atoms with Gasteiger partial charge >= 0.3 is 5.97 Å². The fourth-order valence-corrected chi connectivity index (χ4v) is 2.34. The average molecular weight is 386 g/mol. The molecular weight excluding hydrogens is 369 g/mol. The minimum Gasteiger partial charge on any atom is -0.447 e. The van der Waals surface area contributed by atoms with Gasteiger partial charge in [0.05, 0.1) is 5.02 Å². The lowest BCUT2D eigenvalue weighted by Gasteiger charge is -2.16. The predicted octanol–water partition coefficient (Wildman–Crippen LogP) is 4.04. The van der Waals surface area contributed by atoms with Gasteiger partial charge in [0, 0.05) is 6.07 Å². The molecule has 0 saturated carbocycles. The first-order valence-electron chi connectivity index (χ1n) is 7.68. The molecule has 0 bridgehead atoms. The number of nitrogens with one attached hydrogen (secondary N) is 1. The van der Waals surface area contributed by atoms with E-state index < -0.39 is 18.0 Å². The lowest BCUT2D eigenvalue weighted by atomic mass is 10.1. The Labute approximate surface area is 154 Å². The highest BCUT2D eigenvalue weighted by Crippen LogP contribution is 2.19. The summed E-state index contributed by atoms with van der Waals surface area (Å²) in [5, 5.41) is 6.43. The Morgan fingerprint density at radius 2 is 2.12 bits per heavy atom. The molecule has 0 aliphatic carbocycles. The Hall–Kier alpha value is -2.12. The summed E-state index contributed by atoms with van der Waals surface area (Å²) in [5.74, 6) is -0.528. The average Bonchev–Trinajstić information content (AvgIpc) is 2.98. The van der Waals surface area contributed by atoms with Crippen molar-refractivity contribution in [3.8, 4) is 0 Å². The molecule has 1 amide bonds. The van der Waals surface area contributed by atoms with E-state index in [4.69, 9.17) is 32.5 Å². The molecule has 0 aliphatic heterocycles. The highest BCUT2D eigenvalue weighted by atomic mass is 35.5. The molecule has 0 aliphatic rings. The van der Waals surface area contributed by atoms with Crippen molar-refractivity contribution in [2.45, 2.75) is 39.2 Å². The van der Waals surface area contributed by atoms with Gasteiger partial charge in [-0.05, 0) is 31.9 Å². The third-order valence-electron chi connectivity index (χ3n) is 3.25. The van der Waals surface area contributed by atoms with Gasteiger partial charge in [0.2, 0.25) is 0 Å². The van der Waals surface area contributed by atoms with E-state index in [0.29, 0.717) is 18.6 Å². The van der Waals surface area contributed by atoms with E-state index in [2.05, 4.69) is 15.5 Å². The Bertz CT molecular complexity index is 764. The highest BCUT2D eigenvalue weighted by molar-refractivity contribution is 6.34. The van der Waals surface area contributed by atoms with Crippen molar-refractivity contribution in [1.29, 1.82) is 0 Å². The molecule has 0 radical (unpaired) electrons. The van der Waals surface area contributed by atoms with Crippen LogP contribution in [0.4, 0.5) is 5.82 Å². The van der Waals surface area contributed by atoms with Gasteiger partial charge < -0.3 is 14.6 Å². The van der Waals surface area contributed by atoms with Gasteiger partial charge in [-0.25, -0.2) is 9.78 Å². The van der Waals surface area contributed by atoms with Crippen molar-refractivity contribution in [1.82, 2.24) is 10.1 Å². The summed E-state index contributed by atoms with van der Waals surface area (Å²) >= 11 is 11.7. The van der Waals surface area contributed by atoms with E-state index in [-0.39, 0.29) is 21.7 Å². The molecule has 1 atom stereocenters. The quantitative estimate of drug-likeness (QED) is 0.570. The summed E-state index contributed by atoms with van der Waals surface area (Å²) in [6, 6.07) is 4.45. The second kappa shape index (κ2) is 8.82. The summed E-state index contributed by atoms with van der Waals surface area (Å²) in [6.07, 6.45) is 0.866. The van der Waals surface area contributed by atoms with Crippen molar-refractivity contribution in [3.05, 3.63) is 39.8 Å². The van der Waals surface area contributed by atoms with Gasteiger partial charge in [-0.3, -0.25) is 4.79 Å². The topological polar surface area (TPSA) is 94.3 Å². The van der Waals surface area contributed by atoms with Crippen LogP contribution >= 0.6 is 23.2 Å². The largest absolute Gasteiger partial charge is 0.447 e. The number of rotatable bonds is 7. The highest BCUT2D eigenvalue weighted by Gasteiger charge is 2.26. The van der Waals surface area contributed by atoms with Crippen LogP contribution in [0.5, 0.6) is 0 Å². The number of anilines is 1. The predicted molar refractivity (Wildman–Crippen MR) is 92.9 cm³/mol. The molecule has 0 aromatic carbocycles. The molecule has 0 saturated heterocycles. The summed E-state index contributed by atoms with van der Waals surface area (Å²) in [7, 11) is 0. The number of halogens is 2. The lowest BCUT2D eigenvalue weighted by molar-refractivity contribution is -0.125. The number of hydrogen-bond donors (Lipinski definition) is 1. The maximum Gasteiger partial charge on any atom is 0.359 e. The fraction of sp³-hybridized carbons (Fsp3) is 0.375. The molecule has 7 nitrogen and oxygen atoms in total. The first kappa shape index (κ1) is 19.2. The van der Waals surface area contributed by atoms with Crippen LogP contribution in [0.15, 0.2) is 22.7 Å². The molecule has 9 heteroatoms. The Balaban J connectivity index is 2.11. The summed E-state index contributed by atoms with van der Waals surface area (Å²) < 4.78 is 10.2. The number of pyridine rings is 1. The third kappa shape index (κ3) is 5.44. The molecule has 2 rings (SSSR count). The molecule has 0 spiro atoms. The Morgan fingerprint density at radius 1 is 1.36 bits per heavy atom. The molecule has 1 N–H and O–H groups in total. The van der Waals surface area contributed by atoms with Gasteiger partial charge in [0.1, 0.15) is 10.9 Å². The number of aryl methyl sites for hydroxylation is 1. The SMILES string of the molecule is CCCCC(OC(=O)c1nc(Cl)ccc1Cl)C(=O)Nc1cc(C)on1. The first-order chi connectivity index (χ1) is 11.9. The molecule has 25 heavy (non-hydrogen) atoms. The number of unbranched alkanes of at least 4 members (excludes halogenated alkanes) is 1. The normalized spacial score (nSPS) is 11.8. The number of esters is 1. The molecule has 134 valence electrons. The zero-order valence-electron chi connectivity index (χ0n) is 13.7. The van der Waals surface area contributed by atoms with Gasteiger partial charge in [0.15, 0.2) is 17.6 Å². The van der Waals surface area contributed by atoms with Gasteiger partial charge in [-0.15, -0.1) is 0 Å². The minimum atomic E-state index is -1.01. The molecule has 2 heterocycles. The number of nitrogens with zero attached hydrogens (tertiary/aromatic N) is 2. The second-order valence-electron chi connectivity index (χ2n) is 5.31. The third-order valence-corrected chi connectivity index (χ3v) is 3.76. The van der Waals surface area contributed by atoms with Crippen LogP contribution in [0, 0.1) is 6.92 Å². The molecule has 1 unspecified atom stereocenters. The van der Waals surface area contributed by atoms with E-state index in [1.807, 2.05) is 6.92 Å². The van der Waals surface area contributed by atoms with Crippen LogP contribution in [0.2, 0.25) is 10.2 Å².